The summed E-state index contributed by atoms with van der Waals surface area (Å²) in [6.45, 7) is 3.62. The Bertz CT molecular complexity index is 1730. The number of aryl methyl sites for hydroxylation is 1. The number of benzene rings is 3. The van der Waals surface area contributed by atoms with Crippen LogP contribution in [0, 0.1) is 12.7 Å². The number of hydrogen-bond donors (Lipinski definition) is 0. The number of aromatic nitrogens is 2. The van der Waals surface area contributed by atoms with Crippen molar-refractivity contribution in [2.24, 2.45) is 5.10 Å². The number of para-hydroxylation sites is 1. The highest BCUT2D eigenvalue weighted by Crippen LogP contribution is 2.33. The number of nitrogens with zero attached hydrogens (tertiary/aromatic N) is 4. The van der Waals surface area contributed by atoms with Crippen LogP contribution in [0.2, 0.25) is 0 Å². The molecule has 7 nitrogen and oxygen atoms in total. The van der Waals surface area contributed by atoms with Crippen LogP contribution >= 0.6 is 0 Å². The van der Waals surface area contributed by atoms with Crippen molar-refractivity contribution in [3.05, 3.63) is 88.0 Å². The molecule has 186 valence electrons. The summed E-state index contributed by atoms with van der Waals surface area (Å²) < 4.78 is 27.8. The maximum atomic E-state index is 15.0. The minimum absolute atomic E-state index is 0.241. The lowest BCUT2D eigenvalue weighted by atomic mass is 10.1. The predicted octanol–water partition coefficient (Wildman–Crippen LogP) is 5.75. The van der Waals surface area contributed by atoms with Crippen molar-refractivity contribution in [1.82, 2.24) is 9.66 Å². The summed E-state index contributed by atoms with van der Waals surface area (Å²) in [5, 5.41) is 5.67. The Kier molecular flexibility index (Phi) is 5.71. The van der Waals surface area contributed by atoms with E-state index in [1.807, 2.05) is 37.3 Å². The monoisotopic (exact) mass is 496 g/mol. The topological polar surface area (TPSA) is 72.9 Å². The maximum Gasteiger partial charge on any atom is 0.282 e. The van der Waals surface area contributed by atoms with Gasteiger partial charge in [-0.05, 0) is 67.8 Å². The summed E-state index contributed by atoms with van der Waals surface area (Å²) in [6, 6.07) is 17.7. The largest absolute Gasteiger partial charge is 0.496 e. The number of fused-ring (bicyclic) bond motifs is 2. The van der Waals surface area contributed by atoms with E-state index in [9.17, 15) is 4.79 Å². The molecular formula is C29H25FN4O3. The van der Waals surface area contributed by atoms with Crippen LogP contribution in [0.4, 0.5) is 10.1 Å². The van der Waals surface area contributed by atoms with Crippen LogP contribution in [0.3, 0.4) is 0 Å². The molecule has 1 aliphatic heterocycles. The fraction of sp³-hybridized carbons (Fsp3) is 0.207. The van der Waals surface area contributed by atoms with E-state index in [0.717, 1.165) is 36.9 Å². The molecule has 1 fully saturated rings. The standard InChI is InChI=1S/C29H25FN4O3/c1-18-14-24(33-12-5-6-13-33)22(30)15-19(18)17-31-34-28(32-23-9-4-3-8-20(23)29(34)35)27-16-21-25(36-2)10-7-11-26(21)37-27/h3-4,7-11,14-17H,5-6,12-13H2,1-2H3. The van der Waals surface area contributed by atoms with E-state index in [-0.39, 0.29) is 17.2 Å². The van der Waals surface area contributed by atoms with Crippen LogP contribution in [0.5, 0.6) is 5.75 Å². The summed E-state index contributed by atoms with van der Waals surface area (Å²) in [5.74, 6) is 0.953. The van der Waals surface area contributed by atoms with Gasteiger partial charge in [0.05, 0.1) is 35.3 Å². The average Bonchev–Trinajstić information content (AvgIpc) is 3.60. The number of methoxy groups -OCH3 is 1. The second-order valence-electron chi connectivity index (χ2n) is 9.15. The highest BCUT2D eigenvalue weighted by atomic mass is 19.1. The van der Waals surface area contributed by atoms with Crippen LogP contribution < -0.4 is 15.2 Å². The van der Waals surface area contributed by atoms with Gasteiger partial charge < -0.3 is 14.1 Å². The van der Waals surface area contributed by atoms with Gasteiger partial charge in [0.25, 0.3) is 5.56 Å². The van der Waals surface area contributed by atoms with E-state index in [1.54, 1.807) is 31.4 Å². The Labute approximate surface area is 212 Å². The molecule has 1 saturated heterocycles. The van der Waals surface area contributed by atoms with Gasteiger partial charge in [-0.25, -0.2) is 9.37 Å². The lowest BCUT2D eigenvalue weighted by Gasteiger charge is -2.19. The van der Waals surface area contributed by atoms with Gasteiger partial charge in [-0.15, -0.1) is 0 Å². The van der Waals surface area contributed by atoms with Gasteiger partial charge in [0.1, 0.15) is 17.1 Å². The van der Waals surface area contributed by atoms with Crippen molar-refractivity contribution in [2.75, 3.05) is 25.1 Å². The third kappa shape index (κ3) is 4.04. The number of halogens is 1. The van der Waals surface area contributed by atoms with Gasteiger partial charge in [0.2, 0.25) is 5.82 Å². The molecule has 0 spiro atoms. The molecule has 3 aromatic carbocycles. The fourth-order valence-corrected chi connectivity index (χ4v) is 4.85. The average molecular weight is 497 g/mol. The summed E-state index contributed by atoms with van der Waals surface area (Å²) >= 11 is 0. The zero-order chi connectivity index (χ0) is 25.5. The van der Waals surface area contributed by atoms with Gasteiger partial charge >= 0.3 is 0 Å². The summed E-state index contributed by atoms with van der Waals surface area (Å²) in [7, 11) is 1.59. The van der Waals surface area contributed by atoms with Crippen molar-refractivity contribution in [1.29, 1.82) is 0 Å². The summed E-state index contributed by atoms with van der Waals surface area (Å²) in [4.78, 5) is 20.3. The van der Waals surface area contributed by atoms with Crippen molar-refractivity contribution >= 4 is 33.8 Å². The van der Waals surface area contributed by atoms with Crippen LogP contribution in [0.1, 0.15) is 24.0 Å². The second-order valence-corrected chi connectivity index (χ2v) is 9.15. The first-order chi connectivity index (χ1) is 18.0. The van der Waals surface area contributed by atoms with Gasteiger partial charge in [0, 0.05) is 18.7 Å². The van der Waals surface area contributed by atoms with Crippen molar-refractivity contribution in [3.8, 4) is 17.3 Å². The Morgan fingerprint density at radius 1 is 1.05 bits per heavy atom. The Hall–Kier alpha value is -4.46. The first kappa shape index (κ1) is 23.0. The highest BCUT2D eigenvalue weighted by molar-refractivity contribution is 5.89. The van der Waals surface area contributed by atoms with Crippen molar-refractivity contribution in [3.63, 3.8) is 0 Å². The van der Waals surface area contributed by atoms with Crippen molar-refractivity contribution in [2.45, 2.75) is 19.8 Å². The van der Waals surface area contributed by atoms with E-state index < -0.39 is 0 Å². The third-order valence-corrected chi connectivity index (χ3v) is 6.81. The third-order valence-electron chi connectivity index (χ3n) is 6.81. The van der Waals surface area contributed by atoms with E-state index in [4.69, 9.17) is 14.1 Å². The minimum atomic E-state index is -0.351. The van der Waals surface area contributed by atoms with Crippen LogP contribution in [0.25, 0.3) is 33.5 Å². The van der Waals surface area contributed by atoms with Crippen molar-refractivity contribution < 1.29 is 13.5 Å². The maximum absolute atomic E-state index is 15.0. The molecule has 2 aromatic heterocycles. The Morgan fingerprint density at radius 2 is 1.86 bits per heavy atom. The molecule has 6 rings (SSSR count). The van der Waals surface area contributed by atoms with E-state index >= 15 is 4.39 Å². The normalized spacial score (nSPS) is 13.9. The number of anilines is 1. The lowest BCUT2D eigenvalue weighted by Crippen LogP contribution is -2.20. The molecule has 0 atom stereocenters. The number of ether oxygens (including phenoxy) is 1. The van der Waals surface area contributed by atoms with Gasteiger partial charge in [-0.2, -0.15) is 9.78 Å². The molecule has 0 unspecified atom stereocenters. The summed E-state index contributed by atoms with van der Waals surface area (Å²) in [6.07, 6.45) is 3.63. The smallest absolute Gasteiger partial charge is 0.282 e. The van der Waals surface area contributed by atoms with Gasteiger partial charge in [-0.1, -0.05) is 18.2 Å². The zero-order valence-electron chi connectivity index (χ0n) is 20.6. The van der Waals surface area contributed by atoms with E-state index in [2.05, 4.69) is 10.0 Å². The van der Waals surface area contributed by atoms with Crippen LogP contribution in [0.15, 0.2) is 75.0 Å². The van der Waals surface area contributed by atoms with Crippen LogP contribution in [-0.4, -0.2) is 36.1 Å². The Morgan fingerprint density at radius 3 is 2.68 bits per heavy atom. The fourth-order valence-electron chi connectivity index (χ4n) is 4.85. The molecule has 8 heteroatoms. The molecule has 1 aliphatic rings. The quantitative estimate of drug-likeness (QED) is 0.290. The highest BCUT2D eigenvalue weighted by Gasteiger charge is 2.19. The van der Waals surface area contributed by atoms with Crippen LogP contribution in [-0.2, 0) is 0 Å². The number of hydrogen-bond acceptors (Lipinski definition) is 6. The van der Waals surface area contributed by atoms with E-state index in [1.165, 1.54) is 17.0 Å². The lowest BCUT2D eigenvalue weighted by molar-refractivity contribution is 0.419. The molecule has 5 aromatic rings. The zero-order valence-corrected chi connectivity index (χ0v) is 20.6. The van der Waals surface area contributed by atoms with Gasteiger partial charge in [0.15, 0.2) is 5.76 Å². The van der Waals surface area contributed by atoms with E-state index in [0.29, 0.717) is 39.2 Å². The molecule has 0 aliphatic carbocycles. The molecule has 0 bridgehead atoms. The number of furan rings is 1. The molecule has 0 amide bonds. The minimum Gasteiger partial charge on any atom is -0.496 e. The first-order valence-electron chi connectivity index (χ1n) is 12.2. The number of rotatable bonds is 5. The summed E-state index contributed by atoms with van der Waals surface area (Å²) in [5.41, 5.74) is 2.83. The Balaban J connectivity index is 1.49. The SMILES string of the molecule is COc1cccc2oc(-c3nc4ccccc4c(=O)n3N=Cc3cc(F)c(N4CCCC4)cc3C)cc12. The second kappa shape index (κ2) is 9.20. The molecule has 0 radical (unpaired) electrons. The van der Waals surface area contributed by atoms with Gasteiger partial charge in [-0.3, -0.25) is 4.79 Å². The molecule has 0 N–H and O–H groups in total. The predicted molar refractivity (Wildman–Crippen MR) is 143 cm³/mol. The molecule has 0 saturated carbocycles. The first-order valence-corrected chi connectivity index (χ1v) is 12.2. The molecule has 37 heavy (non-hydrogen) atoms. The molecule has 3 heterocycles. The molecular weight excluding hydrogens is 471 g/mol.